The number of piperidine rings is 1. The van der Waals surface area contributed by atoms with Crippen molar-refractivity contribution < 1.29 is 8.78 Å². The lowest BCUT2D eigenvalue weighted by Gasteiger charge is -2.21. The highest BCUT2D eigenvalue weighted by molar-refractivity contribution is 4.99. The molecule has 1 nitrogen and oxygen atoms in total. The minimum atomic E-state index is -2.38. The Balaban J connectivity index is 0.000000146. The first-order chi connectivity index (χ1) is 6.71. The van der Waals surface area contributed by atoms with Crippen LogP contribution in [0.4, 0.5) is 8.78 Å². The van der Waals surface area contributed by atoms with Crippen LogP contribution in [-0.2, 0) is 0 Å². The smallest absolute Gasteiger partial charge is 0.250 e. The highest BCUT2D eigenvalue weighted by Crippen LogP contribution is 2.23. The molecule has 2 rings (SSSR count). The average molecular weight is 199 g/mol. The second-order valence-corrected chi connectivity index (χ2v) is 3.26. The molecule has 0 saturated carbocycles. The van der Waals surface area contributed by atoms with Gasteiger partial charge in [-0.15, -0.1) is 0 Å². The molecule has 0 amide bonds. The second kappa shape index (κ2) is 5.70. The largest absolute Gasteiger partial charge is 0.316 e. The van der Waals surface area contributed by atoms with E-state index in [2.05, 4.69) is 5.32 Å². The summed E-state index contributed by atoms with van der Waals surface area (Å²) in [6.45, 7) is 0.931. The molecule has 0 bridgehead atoms. The summed E-state index contributed by atoms with van der Waals surface area (Å²) < 4.78 is 24.3. The number of alkyl halides is 2. The molecule has 0 aliphatic carbocycles. The second-order valence-electron chi connectivity index (χ2n) is 3.26. The molecule has 14 heavy (non-hydrogen) atoms. The van der Waals surface area contributed by atoms with Gasteiger partial charge in [-0.1, -0.05) is 36.4 Å². The van der Waals surface area contributed by atoms with Crippen molar-refractivity contribution in [1.29, 1.82) is 0 Å². The summed E-state index contributed by atoms with van der Waals surface area (Å²) in [5.74, 6) is -2.38. The molecule has 1 aromatic rings. The predicted molar refractivity (Wildman–Crippen MR) is 53.5 cm³/mol. The summed E-state index contributed by atoms with van der Waals surface area (Å²) in [5.41, 5.74) is 0. The third-order valence-electron chi connectivity index (χ3n) is 2.00. The maximum Gasteiger partial charge on any atom is 0.250 e. The molecule has 0 atom stereocenters. The van der Waals surface area contributed by atoms with Crippen molar-refractivity contribution in [2.75, 3.05) is 13.1 Å². The SMILES string of the molecule is FC1(F)CCNCC1.c1ccccc1. The molecule has 0 unspecified atom stereocenters. The molecule has 1 heterocycles. The van der Waals surface area contributed by atoms with Crippen molar-refractivity contribution in [3.8, 4) is 0 Å². The first-order valence-electron chi connectivity index (χ1n) is 4.79. The van der Waals surface area contributed by atoms with Crippen LogP contribution in [-0.4, -0.2) is 19.0 Å². The van der Waals surface area contributed by atoms with Gasteiger partial charge in [0.2, 0.25) is 0 Å². The average Bonchev–Trinajstić information content (AvgIpc) is 2.21. The maximum atomic E-state index is 12.2. The standard InChI is InChI=1S/C6H6.C5H9F2N/c1-2-4-6-5-3-1;6-5(7)1-3-8-4-2-5/h1-6H;8H,1-4H2. The fraction of sp³-hybridized carbons (Fsp3) is 0.455. The van der Waals surface area contributed by atoms with Crippen LogP contribution < -0.4 is 5.32 Å². The topological polar surface area (TPSA) is 12.0 Å². The van der Waals surface area contributed by atoms with Crippen molar-refractivity contribution in [1.82, 2.24) is 5.32 Å². The first kappa shape index (κ1) is 11.1. The van der Waals surface area contributed by atoms with Crippen molar-refractivity contribution in [2.24, 2.45) is 0 Å². The maximum absolute atomic E-state index is 12.2. The van der Waals surface area contributed by atoms with Gasteiger partial charge in [0.05, 0.1) is 0 Å². The third kappa shape index (κ3) is 4.92. The molecule has 1 N–H and O–H groups in total. The van der Waals surface area contributed by atoms with Gasteiger partial charge in [-0.2, -0.15) is 0 Å². The Morgan fingerprint density at radius 3 is 1.36 bits per heavy atom. The van der Waals surface area contributed by atoms with Crippen LogP contribution in [0.2, 0.25) is 0 Å². The predicted octanol–water partition coefficient (Wildman–Crippen LogP) is 2.69. The molecule has 3 heteroatoms. The zero-order valence-corrected chi connectivity index (χ0v) is 8.05. The van der Waals surface area contributed by atoms with E-state index < -0.39 is 5.92 Å². The molecule has 0 radical (unpaired) electrons. The van der Waals surface area contributed by atoms with Crippen LogP contribution in [0.25, 0.3) is 0 Å². The number of hydrogen-bond acceptors (Lipinski definition) is 1. The van der Waals surface area contributed by atoms with E-state index in [1.54, 1.807) is 0 Å². The molecular weight excluding hydrogens is 184 g/mol. The van der Waals surface area contributed by atoms with Gasteiger partial charge >= 0.3 is 0 Å². The molecule has 78 valence electrons. The molecular formula is C11H15F2N. The molecule has 1 saturated heterocycles. The Morgan fingerprint density at radius 2 is 1.14 bits per heavy atom. The van der Waals surface area contributed by atoms with Gasteiger partial charge in [-0.3, -0.25) is 0 Å². The van der Waals surface area contributed by atoms with E-state index in [0.29, 0.717) is 13.1 Å². The summed E-state index contributed by atoms with van der Waals surface area (Å²) in [5, 5.41) is 2.86. The number of hydrogen-bond donors (Lipinski definition) is 1. The summed E-state index contributed by atoms with van der Waals surface area (Å²) >= 11 is 0. The van der Waals surface area contributed by atoms with E-state index >= 15 is 0 Å². The summed E-state index contributed by atoms with van der Waals surface area (Å²) in [7, 11) is 0. The lowest BCUT2D eigenvalue weighted by atomic mass is 10.1. The lowest BCUT2D eigenvalue weighted by Crippen LogP contribution is -2.35. The van der Waals surface area contributed by atoms with Crippen molar-refractivity contribution in [2.45, 2.75) is 18.8 Å². The zero-order valence-electron chi connectivity index (χ0n) is 8.05. The van der Waals surface area contributed by atoms with Crippen LogP contribution in [0.15, 0.2) is 36.4 Å². The number of benzene rings is 1. The van der Waals surface area contributed by atoms with Crippen LogP contribution in [0.3, 0.4) is 0 Å². The quantitative estimate of drug-likeness (QED) is 0.677. The Labute approximate surface area is 83.1 Å². The molecule has 0 aromatic heterocycles. The van der Waals surface area contributed by atoms with Gasteiger partial charge in [0, 0.05) is 25.9 Å². The Morgan fingerprint density at radius 1 is 0.786 bits per heavy atom. The summed E-state index contributed by atoms with van der Waals surface area (Å²) in [4.78, 5) is 0. The van der Waals surface area contributed by atoms with Crippen LogP contribution in [0.5, 0.6) is 0 Å². The minimum Gasteiger partial charge on any atom is -0.316 e. The fourth-order valence-corrected chi connectivity index (χ4v) is 1.18. The van der Waals surface area contributed by atoms with Crippen molar-refractivity contribution in [3.05, 3.63) is 36.4 Å². The first-order valence-corrected chi connectivity index (χ1v) is 4.79. The van der Waals surface area contributed by atoms with Gasteiger partial charge in [0.25, 0.3) is 5.92 Å². The van der Waals surface area contributed by atoms with Gasteiger partial charge in [0.1, 0.15) is 0 Å². The summed E-state index contributed by atoms with van der Waals surface area (Å²) in [6.07, 6.45) is 0.0139. The van der Waals surface area contributed by atoms with E-state index in [-0.39, 0.29) is 12.8 Å². The van der Waals surface area contributed by atoms with Crippen LogP contribution in [0.1, 0.15) is 12.8 Å². The van der Waals surface area contributed by atoms with Gasteiger partial charge in [0.15, 0.2) is 0 Å². The van der Waals surface area contributed by atoms with Crippen LogP contribution in [0, 0.1) is 0 Å². The van der Waals surface area contributed by atoms with E-state index in [1.807, 2.05) is 36.4 Å². The van der Waals surface area contributed by atoms with E-state index in [4.69, 9.17) is 0 Å². The number of halogens is 2. The van der Waals surface area contributed by atoms with Crippen LogP contribution >= 0.6 is 0 Å². The van der Waals surface area contributed by atoms with E-state index in [9.17, 15) is 8.78 Å². The lowest BCUT2D eigenvalue weighted by molar-refractivity contribution is -0.0274. The van der Waals surface area contributed by atoms with E-state index in [0.717, 1.165) is 0 Å². The van der Waals surface area contributed by atoms with Crippen molar-refractivity contribution in [3.63, 3.8) is 0 Å². The summed E-state index contributed by atoms with van der Waals surface area (Å²) in [6, 6.07) is 12.0. The highest BCUT2D eigenvalue weighted by Gasteiger charge is 2.30. The minimum absolute atomic E-state index is 0.00694. The third-order valence-corrected chi connectivity index (χ3v) is 2.00. The highest BCUT2D eigenvalue weighted by atomic mass is 19.3. The van der Waals surface area contributed by atoms with Gasteiger partial charge < -0.3 is 5.32 Å². The molecule has 1 aliphatic heterocycles. The Hall–Kier alpha value is -0.960. The fourth-order valence-electron chi connectivity index (χ4n) is 1.18. The number of nitrogens with one attached hydrogen (secondary N) is 1. The molecule has 0 spiro atoms. The molecule has 1 fully saturated rings. The monoisotopic (exact) mass is 199 g/mol. The molecule has 1 aliphatic rings. The Kier molecular flexibility index (Phi) is 4.53. The normalized spacial score (nSPS) is 19.3. The molecule has 1 aromatic carbocycles. The Bertz CT molecular complexity index is 202. The zero-order chi connectivity index (χ0) is 10.3. The number of rotatable bonds is 0. The van der Waals surface area contributed by atoms with E-state index in [1.165, 1.54) is 0 Å². The van der Waals surface area contributed by atoms with Gasteiger partial charge in [-0.25, -0.2) is 8.78 Å². The van der Waals surface area contributed by atoms with Gasteiger partial charge in [-0.05, 0) is 0 Å². The van der Waals surface area contributed by atoms with Crippen molar-refractivity contribution >= 4 is 0 Å².